The SMILES string of the molecule is C[C@@H]1Cc2cc(C(O)=C3C(=O)C(=O)N(CCN4CCOCC4)[C@H]3c3cccc(Oc4ccccc4)c3)ccc2O1. The van der Waals surface area contributed by atoms with Crippen LogP contribution >= 0.6 is 0 Å². The number of amides is 1. The second-order valence-electron chi connectivity index (χ2n) is 10.4. The van der Waals surface area contributed by atoms with E-state index in [0.717, 1.165) is 24.4 Å². The number of benzene rings is 3. The average Bonchev–Trinajstić information content (AvgIpc) is 3.47. The van der Waals surface area contributed by atoms with Crippen molar-refractivity contribution in [1.29, 1.82) is 0 Å². The van der Waals surface area contributed by atoms with Gasteiger partial charge >= 0.3 is 0 Å². The van der Waals surface area contributed by atoms with E-state index in [-0.39, 0.29) is 17.4 Å². The highest BCUT2D eigenvalue weighted by Gasteiger charge is 2.46. The molecule has 3 aromatic rings. The molecule has 0 bridgehead atoms. The minimum atomic E-state index is -0.760. The predicted octanol–water partition coefficient (Wildman–Crippen LogP) is 4.56. The number of hydrogen-bond donors (Lipinski definition) is 1. The Morgan fingerprint density at radius 1 is 0.950 bits per heavy atom. The van der Waals surface area contributed by atoms with Gasteiger partial charge < -0.3 is 24.2 Å². The van der Waals surface area contributed by atoms with E-state index in [9.17, 15) is 14.7 Å². The van der Waals surface area contributed by atoms with E-state index >= 15 is 0 Å². The Morgan fingerprint density at radius 2 is 1.73 bits per heavy atom. The molecule has 3 aliphatic rings. The number of ether oxygens (including phenoxy) is 3. The van der Waals surface area contributed by atoms with Crippen molar-refractivity contribution in [3.8, 4) is 17.2 Å². The number of aliphatic hydroxyl groups is 1. The van der Waals surface area contributed by atoms with Gasteiger partial charge in [-0.2, -0.15) is 0 Å². The van der Waals surface area contributed by atoms with Gasteiger partial charge in [0.05, 0.1) is 24.8 Å². The number of likely N-dealkylation sites (tertiary alicyclic amines) is 1. The molecule has 3 heterocycles. The zero-order valence-corrected chi connectivity index (χ0v) is 22.4. The van der Waals surface area contributed by atoms with Crippen LogP contribution in [0.15, 0.2) is 78.4 Å². The van der Waals surface area contributed by atoms with Crippen LogP contribution in [0.5, 0.6) is 17.2 Å². The largest absolute Gasteiger partial charge is 0.507 e. The van der Waals surface area contributed by atoms with Gasteiger partial charge in [0.25, 0.3) is 11.7 Å². The Bertz CT molecular complexity index is 1450. The van der Waals surface area contributed by atoms with Crippen LogP contribution in [-0.4, -0.2) is 72.1 Å². The van der Waals surface area contributed by atoms with E-state index in [0.29, 0.717) is 55.4 Å². The molecule has 2 atom stereocenters. The minimum Gasteiger partial charge on any atom is -0.507 e. The molecular weight excluding hydrogens is 508 g/mol. The maximum atomic E-state index is 13.5. The first kappa shape index (κ1) is 26.1. The number of ketones is 1. The lowest BCUT2D eigenvalue weighted by atomic mass is 9.94. The highest BCUT2D eigenvalue weighted by Crippen LogP contribution is 2.41. The molecule has 0 unspecified atom stereocenters. The van der Waals surface area contributed by atoms with Crippen molar-refractivity contribution in [2.45, 2.75) is 25.5 Å². The van der Waals surface area contributed by atoms with Crippen molar-refractivity contribution in [2.75, 3.05) is 39.4 Å². The summed E-state index contributed by atoms with van der Waals surface area (Å²) < 4.78 is 17.3. The third-order valence-electron chi connectivity index (χ3n) is 7.62. The number of fused-ring (bicyclic) bond motifs is 1. The number of para-hydroxylation sites is 1. The van der Waals surface area contributed by atoms with Gasteiger partial charge in [0, 0.05) is 38.2 Å². The number of aliphatic hydroxyl groups excluding tert-OH is 1. The van der Waals surface area contributed by atoms with Crippen LogP contribution in [0.1, 0.15) is 29.7 Å². The van der Waals surface area contributed by atoms with Crippen molar-refractivity contribution < 1.29 is 28.9 Å². The lowest BCUT2D eigenvalue weighted by molar-refractivity contribution is -0.140. The van der Waals surface area contributed by atoms with Gasteiger partial charge in [-0.1, -0.05) is 30.3 Å². The molecule has 40 heavy (non-hydrogen) atoms. The Kier molecular flexibility index (Phi) is 7.28. The fraction of sp³-hybridized carbons (Fsp3) is 0.312. The normalized spacial score (nSPS) is 22.3. The zero-order valence-electron chi connectivity index (χ0n) is 22.4. The summed E-state index contributed by atoms with van der Waals surface area (Å²) in [6.45, 7) is 5.75. The first-order valence-corrected chi connectivity index (χ1v) is 13.7. The standard InChI is InChI=1S/C32H32N2O6/c1-21-18-24-19-23(10-11-27(24)39-21)30(35)28-29(22-6-5-9-26(20-22)40-25-7-3-2-4-8-25)34(32(37)31(28)36)13-12-33-14-16-38-17-15-33/h2-11,19-21,29,35H,12-18H2,1H3/t21-,29+/m1/s1. The summed E-state index contributed by atoms with van der Waals surface area (Å²) in [5.41, 5.74) is 2.22. The predicted molar refractivity (Wildman–Crippen MR) is 149 cm³/mol. The first-order chi connectivity index (χ1) is 19.5. The number of carbonyl (C=O) groups is 2. The molecule has 0 spiro atoms. The topological polar surface area (TPSA) is 88.5 Å². The van der Waals surface area contributed by atoms with E-state index in [4.69, 9.17) is 14.2 Å². The van der Waals surface area contributed by atoms with E-state index < -0.39 is 17.7 Å². The minimum absolute atomic E-state index is 0.0468. The number of rotatable bonds is 7. The van der Waals surface area contributed by atoms with Crippen LogP contribution in [0.2, 0.25) is 0 Å². The molecule has 3 aromatic carbocycles. The average molecular weight is 541 g/mol. The van der Waals surface area contributed by atoms with Gasteiger partial charge in [-0.15, -0.1) is 0 Å². The molecular formula is C32H32N2O6. The Hall–Kier alpha value is -4.14. The lowest BCUT2D eigenvalue weighted by Crippen LogP contribution is -2.42. The van der Waals surface area contributed by atoms with Crippen molar-refractivity contribution in [3.63, 3.8) is 0 Å². The van der Waals surface area contributed by atoms with Crippen LogP contribution in [0, 0.1) is 0 Å². The molecule has 1 amide bonds. The van der Waals surface area contributed by atoms with Gasteiger partial charge in [0.2, 0.25) is 0 Å². The summed E-state index contributed by atoms with van der Waals surface area (Å²) in [6, 6.07) is 21.4. The molecule has 2 fully saturated rings. The van der Waals surface area contributed by atoms with Crippen molar-refractivity contribution in [2.24, 2.45) is 0 Å². The second kappa shape index (κ2) is 11.2. The number of carbonyl (C=O) groups excluding carboxylic acids is 2. The molecule has 0 saturated carbocycles. The summed E-state index contributed by atoms with van der Waals surface area (Å²) in [5, 5.41) is 11.6. The second-order valence-corrected chi connectivity index (χ2v) is 10.4. The van der Waals surface area contributed by atoms with Gasteiger partial charge in [-0.25, -0.2) is 0 Å². The molecule has 0 aromatic heterocycles. The molecule has 3 aliphatic heterocycles. The van der Waals surface area contributed by atoms with Crippen molar-refractivity contribution in [3.05, 3.63) is 95.1 Å². The van der Waals surface area contributed by atoms with E-state index in [1.54, 1.807) is 11.0 Å². The van der Waals surface area contributed by atoms with Gasteiger partial charge in [0.15, 0.2) is 0 Å². The third-order valence-corrected chi connectivity index (χ3v) is 7.62. The van der Waals surface area contributed by atoms with Gasteiger partial charge in [-0.3, -0.25) is 14.5 Å². The number of morpholine rings is 1. The Balaban J connectivity index is 1.38. The Morgan fingerprint density at radius 3 is 2.52 bits per heavy atom. The fourth-order valence-electron chi connectivity index (χ4n) is 5.63. The highest BCUT2D eigenvalue weighted by molar-refractivity contribution is 6.46. The highest BCUT2D eigenvalue weighted by atomic mass is 16.5. The molecule has 0 aliphatic carbocycles. The molecule has 1 N–H and O–H groups in total. The van der Waals surface area contributed by atoms with Crippen molar-refractivity contribution >= 4 is 17.4 Å². The van der Waals surface area contributed by atoms with Crippen LogP contribution in [0.3, 0.4) is 0 Å². The smallest absolute Gasteiger partial charge is 0.295 e. The van der Waals surface area contributed by atoms with Gasteiger partial charge in [-0.05, 0) is 60.5 Å². The Labute approximate surface area is 233 Å². The summed E-state index contributed by atoms with van der Waals surface area (Å²) in [7, 11) is 0. The van der Waals surface area contributed by atoms with Crippen LogP contribution < -0.4 is 9.47 Å². The summed E-state index contributed by atoms with van der Waals surface area (Å²) in [5.74, 6) is 0.532. The van der Waals surface area contributed by atoms with E-state index in [1.165, 1.54) is 0 Å². The van der Waals surface area contributed by atoms with Crippen LogP contribution in [0.25, 0.3) is 5.76 Å². The maximum Gasteiger partial charge on any atom is 0.295 e. The monoisotopic (exact) mass is 540 g/mol. The van der Waals surface area contributed by atoms with E-state index in [2.05, 4.69) is 4.90 Å². The molecule has 8 heteroatoms. The number of Topliss-reactive ketones (excluding diaryl/α,β-unsaturated/α-hetero) is 1. The summed E-state index contributed by atoms with van der Waals surface area (Å²) >= 11 is 0. The van der Waals surface area contributed by atoms with Crippen LogP contribution in [0.4, 0.5) is 0 Å². The van der Waals surface area contributed by atoms with Crippen molar-refractivity contribution in [1.82, 2.24) is 9.80 Å². The molecule has 6 rings (SSSR count). The maximum absolute atomic E-state index is 13.5. The van der Waals surface area contributed by atoms with Crippen LogP contribution in [-0.2, 0) is 20.7 Å². The number of hydrogen-bond acceptors (Lipinski definition) is 7. The summed E-state index contributed by atoms with van der Waals surface area (Å²) in [4.78, 5) is 30.8. The molecule has 8 nitrogen and oxygen atoms in total. The molecule has 206 valence electrons. The lowest BCUT2D eigenvalue weighted by Gasteiger charge is -2.31. The first-order valence-electron chi connectivity index (χ1n) is 13.7. The zero-order chi connectivity index (χ0) is 27.6. The molecule has 0 radical (unpaired) electrons. The third kappa shape index (κ3) is 5.20. The van der Waals surface area contributed by atoms with E-state index in [1.807, 2.05) is 73.7 Å². The number of nitrogens with zero attached hydrogens (tertiary/aromatic N) is 2. The molecule has 2 saturated heterocycles. The summed E-state index contributed by atoms with van der Waals surface area (Å²) in [6.07, 6.45) is 0.762. The fourth-order valence-corrected chi connectivity index (χ4v) is 5.63. The quantitative estimate of drug-likeness (QED) is 0.267. The van der Waals surface area contributed by atoms with Gasteiger partial charge in [0.1, 0.15) is 29.1 Å².